The third-order valence-corrected chi connectivity index (χ3v) is 9.39. The van der Waals surface area contributed by atoms with Crippen molar-refractivity contribution < 1.29 is 0 Å². The van der Waals surface area contributed by atoms with Crippen molar-refractivity contribution in [2.75, 3.05) is 0 Å². The Hall–Kier alpha value is -6.92. The summed E-state index contributed by atoms with van der Waals surface area (Å²) in [5.41, 5.74) is 8.03. The second kappa shape index (κ2) is 11.4. The van der Waals surface area contributed by atoms with Crippen molar-refractivity contribution in [3.8, 4) is 45.8 Å². The average molecular weight is 641 g/mol. The van der Waals surface area contributed by atoms with Gasteiger partial charge >= 0.3 is 0 Å². The van der Waals surface area contributed by atoms with Gasteiger partial charge in [0.1, 0.15) is 5.82 Å². The van der Waals surface area contributed by atoms with E-state index in [1.165, 1.54) is 0 Å². The smallest absolute Gasteiger partial charge is 0.238 e. The Kier molecular flexibility index (Phi) is 6.39. The number of aromatic nitrogens is 6. The van der Waals surface area contributed by atoms with Gasteiger partial charge in [-0.25, -0.2) is 9.97 Å². The average Bonchev–Trinajstić information content (AvgIpc) is 3.76. The van der Waals surface area contributed by atoms with Crippen molar-refractivity contribution >= 4 is 43.6 Å². The zero-order valence-corrected chi connectivity index (χ0v) is 26.8. The fourth-order valence-electron chi connectivity index (χ4n) is 7.13. The number of fused-ring (bicyclic) bond motifs is 7. The molecule has 0 saturated carbocycles. The van der Waals surface area contributed by atoms with E-state index in [2.05, 4.69) is 106 Å². The van der Waals surface area contributed by atoms with Gasteiger partial charge in [0.25, 0.3) is 0 Å². The molecule has 50 heavy (non-hydrogen) atoms. The van der Waals surface area contributed by atoms with Crippen molar-refractivity contribution in [1.82, 2.24) is 29.1 Å². The van der Waals surface area contributed by atoms with Gasteiger partial charge in [0, 0.05) is 43.9 Å². The number of hydrogen-bond donors (Lipinski definition) is 0. The van der Waals surface area contributed by atoms with Crippen LogP contribution in [0.3, 0.4) is 0 Å². The first-order valence-corrected chi connectivity index (χ1v) is 16.7. The molecule has 0 unspecified atom stereocenters. The number of nitrogens with zero attached hydrogens (tertiary/aromatic N) is 6. The van der Waals surface area contributed by atoms with Crippen LogP contribution in [-0.2, 0) is 0 Å². The second-order valence-corrected chi connectivity index (χ2v) is 12.3. The summed E-state index contributed by atoms with van der Waals surface area (Å²) in [4.78, 5) is 20.7. The number of para-hydroxylation sites is 2. The first-order valence-electron chi connectivity index (χ1n) is 16.7. The fraction of sp³-hybridized carbons (Fsp3) is 0. The Morgan fingerprint density at radius 3 is 1.52 bits per heavy atom. The Morgan fingerprint density at radius 1 is 0.340 bits per heavy atom. The molecule has 3 aromatic heterocycles. The van der Waals surface area contributed by atoms with E-state index in [-0.39, 0.29) is 0 Å². The maximum atomic E-state index is 5.37. The number of benzene rings is 7. The molecule has 3 heterocycles. The minimum atomic E-state index is 0.566. The van der Waals surface area contributed by atoms with E-state index in [9.17, 15) is 0 Å². The quantitative estimate of drug-likeness (QED) is 0.188. The van der Waals surface area contributed by atoms with E-state index in [0.29, 0.717) is 17.6 Å². The van der Waals surface area contributed by atoms with E-state index < -0.39 is 0 Å². The van der Waals surface area contributed by atoms with Gasteiger partial charge in [-0.15, -0.1) is 0 Å². The first-order chi connectivity index (χ1) is 24.8. The van der Waals surface area contributed by atoms with Crippen LogP contribution in [0.15, 0.2) is 170 Å². The van der Waals surface area contributed by atoms with Crippen LogP contribution in [0, 0.1) is 0 Å². The molecule has 10 rings (SSSR count). The molecule has 0 fully saturated rings. The number of imidazole rings is 1. The largest absolute Gasteiger partial charge is 0.292 e. The van der Waals surface area contributed by atoms with E-state index in [1.807, 2.05) is 72.8 Å². The highest BCUT2D eigenvalue weighted by atomic mass is 15.2. The molecule has 7 aromatic carbocycles. The van der Waals surface area contributed by atoms with E-state index in [4.69, 9.17) is 19.9 Å². The lowest BCUT2D eigenvalue weighted by Crippen LogP contribution is -2.06. The van der Waals surface area contributed by atoms with E-state index in [1.54, 1.807) is 0 Å². The van der Waals surface area contributed by atoms with E-state index >= 15 is 0 Å². The summed E-state index contributed by atoms with van der Waals surface area (Å²) < 4.78 is 4.46. The fourth-order valence-corrected chi connectivity index (χ4v) is 7.13. The lowest BCUT2D eigenvalue weighted by Gasteiger charge is -2.12. The molecule has 0 atom stereocenters. The summed E-state index contributed by atoms with van der Waals surface area (Å²) in [7, 11) is 0. The molecule has 0 amide bonds. The highest BCUT2D eigenvalue weighted by Crippen LogP contribution is 2.40. The molecule has 0 radical (unpaired) electrons. The summed E-state index contributed by atoms with van der Waals surface area (Å²) in [6.07, 6.45) is 0. The van der Waals surface area contributed by atoms with Gasteiger partial charge in [0.15, 0.2) is 11.6 Å². The van der Waals surface area contributed by atoms with Crippen LogP contribution in [0.25, 0.3) is 89.4 Å². The summed E-state index contributed by atoms with van der Waals surface area (Å²) in [6.45, 7) is 0. The SMILES string of the molecule is c1ccc(-c2nc(-c3ccccc3)nc(-n3c4ccccc4c4ccc5c(ccc6c5nc(-c5ccccc5)n6-c5ccccc5)c43)n2)cc1. The monoisotopic (exact) mass is 640 g/mol. The van der Waals surface area contributed by atoms with Crippen LogP contribution in [0.1, 0.15) is 0 Å². The molecule has 0 aliphatic heterocycles. The Bertz CT molecular complexity index is 2780. The van der Waals surface area contributed by atoms with Crippen LogP contribution in [0.4, 0.5) is 0 Å². The van der Waals surface area contributed by atoms with E-state index in [0.717, 1.165) is 71.8 Å². The van der Waals surface area contributed by atoms with Gasteiger partial charge in [0.05, 0.1) is 22.1 Å². The number of hydrogen-bond acceptors (Lipinski definition) is 4. The minimum Gasteiger partial charge on any atom is -0.292 e. The predicted molar refractivity (Wildman–Crippen MR) is 203 cm³/mol. The predicted octanol–water partition coefficient (Wildman–Crippen LogP) is 10.5. The molecular weight excluding hydrogens is 613 g/mol. The lowest BCUT2D eigenvalue weighted by molar-refractivity contribution is 0.955. The van der Waals surface area contributed by atoms with Crippen LogP contribution < -0.4 is 0 Å². The van der Waals surface area contributed by atoms with Gasteiger partial charge in [-0.3, -0.25) is 9.13 Å². The summed E-state index contributed by atoms with van der Waals surface area (Å²) in [5.74, 6) is 2.71. The zero-order chi connectivity index (χ0) is 33.0. The topological polar surface area (TPSA) is 61.4 Å². The maximum absolute atomic E-state index is 5.37. The van der Waals surface area contributed by atoms with Crippen molar-refractivity contribution in [2.45, 2.75) is 0 Å². The Morgan fingerprint density at radius 2 is 0.860 bits per heavy atom. The molecule has 0 aliphatic carbocycles. The third-order valence-electron chi connectivity index (χ3n) is 9.39. The van der Waals surface area contributed by atoms with Crippen molar-refractivity contribution in [2.24, 2.45) is 0 Å². The molecule has 10 aromatic rings. The molecule has 234 valence electrons. The van der Waals surface area contributed by atoms with Crippen molar-refractivity contribution in [3.05, 3.63) is 170 Å². The van der Waals surface area contributed by atoms with Gasteiger partial charge in [-0.05, 0) is 24.3 Å². The third kappa shape index (κ3) is 4.43. The van der Waals surface area contributed by atoms with Gasteiger partial charge in [-0.2, -0.15) is 9.97 Å². The van der Waals surface area contributed by atoms with Crippen molar-refractivity contribution in [3.63, 3.8) is 0 Å². The van der Waals surface area contributed by atoms with Crippen LogP contribution in [-0.4, -0.2) is 29.1 Å². The highest BCUT2D eigenvalue weighted by Gasteiger charge is 2.22. The molecular formula is C44H28N6. The Balaban J connectivity index is 1.31. The molecule has 6 heteroatoms. The van der Waals surface area contributed by atoms with Crippen molar-refractivity contribution in [1.29, 1.82) is 0 Å². The Labute approximate surface area is 287 Å². The van der Waals surface area contributed by atoms with Crippen LogP contribution in [0.2, 0.25) is 0 Å². The normalized spacial score (nSPS) is 11.6. The summed E-state index contributed by atoms with van der Waals surface area (Å²) in [6, 6.07) is 58.4. The van der Waals surface area contributed by atoms with Gasteiger partial charge in [-0.1, -0.05) is 146 Å². The lowest BCUT2D eigenvalue weighted by atomic mass is 10.0. The van der Waals surface area contributed by atoms with Crippen LogP contribution in [0.5, 0.6) is 0 Å². The second-order valence-electron chi connectivity index (χ2n) is 12.3. The molecule has 0 saturated heterocycles. The summed E-state index contributed by atoms with van der Waals surface area (Å²) >= 11 is 0. The first kappa shape index (κ1) is 28.1. The molecule has 0 spiro atoms. The van der Waals surface area contributed by atoms with Crippen LogP contribution >= 0.6 is 0 Å². The zero-order valence-electron chi connectivity index (χ0n) is 26.8. The van der Waals surface area contributed by atoms with Gasteiger partial charge in [0.2, 0.25) is 5.95 Å². The standard InChI is InChI=1S/C44H28N6/c1-5-15-29(16-6-1)41-46-42(30-17-7-2-8-18-30)48-44(47-41)50-37-24-14-13-23-33(37)35-26-25-34-36(40(35)50)27-28-38-39(34)45-43(31-19-9-3-10-20-31)49(38)32-21-11-4-12-22-32/h1-28H. The molecule has 0 N–H and O–H groups in total. The molecule has 0 bridgehead atoms. The highest BCUT2D eigenvalue weighted by molar-refractivity contribution is 6.22. The number of rotatable bonds is 5. The molecule has 0 aliphatic rings. The van der Waals surface area contributed by atoms with Gasteiger partial charge < -0.3 is 0 Å². The minimum absolute atomic E-state index is 0.566. The summed E-state index contributed by atoms with van der Waals surface area (Å²) in [5, 5.41) is 4.39. The molecule has 6 nitrogen and oxygen atoms in total. The maximum Gasteiger partial charge on any atom is 0.238 e.